The fourth-order valence-electron chi connectivity index (χ4n) is 0.971. The van der Waals surface area contributed by atoms with Gasteiger partial charge in [0.1, 0.15) is 0 Å². The van der Waals surface area contributed by atoms with Crippen LogP contribution in [-0.4, -0.2) is 16.7 Å². The van der Waals surface area contributed by atoms with Gasteiger partial charge in [-0.15, -0.1) is 0 Å². The van der Waals surface area contributed by atoms with Gasteiger partial charge in [-0.3, -0.25) is 5.10 Å². The van der Waals surface area contributed by atoms with E-state index in [4.69, 9.17) is 5.73 Å². The summed E-state index contributed by atoms with van der Waals surface area (Å²) in [4.78, 5) is 0. The number of nitrogens with zero attached hydrogens (tertiary/aromatic N) is 1. The lowest BCUT2D eigenvalue weighted by Gasteiger charge is -2.20. The van der Waals surface area contributed by atoms with Crippen molar-refractivity contribution in [2.45, 2.75) is 20.3 Å². The van der Waals surface area contributed by atoms with Gasteiger partial charge < -0.3 is 5.73 Å². The molecule has 0 radical (unpaired) electrons. The molecule has 0 unspecified atom stereocenters. The zero-order valence-electron chi connectivity index (χ0n) is 7.09. The van der Waals surface area contributed by atoms with Crippen LogP contribution in [0.5, 0.6) is 0 Å². The SMILES string of the molecule is CC(C)(CN)Cc1ccn[nH]1. The molecule has 0 fully saturated rings. The highest BCUT2D eigenvalue weighted by Gasteiger charge is 2.16. The third kappa shape index (κ3) is 2.35. The van der Waals surface area contributed by atoms with Gasteiger partial charge in [0.05, 0.1) is 0 Å². The fourth-order valence-corrected chi connectivity index (χ4v) is 0.971. The molecular formula is C8H15N3. The normalized spacial score (nSPS) is 11.9. The number of rotatable bonds is 3. The lowest BCUT2D eigenvalue weighted by molar-refractivity contribution is 0.372. The molecule has 0 saturated heterocycles. The number of H-pyrrole nitrogens is 1. The van der Waals surface area contributed by atoms with Gasteiger partial charge in [-0.05, 0) is 24.4 Å². The van der Waals surface area contributed by atoms with Crippen molar-refractivity contribution in [3.8, 4) is 0 Å². The Morgan fingerprint density at radius 1 is 1.64 bits per heavy atom. The van der Waals surface area contributed by atoms with Crippen LogP contribution in [0, 0.1) is 5.41 Å². The topological polar surface area (TPSA) is 54.7 Å². The van der Waals surface area contributed by atoms with Crippen LogP contribution in [0.2, 0.25) is 0 Å². The summed E-state index contributed by atoms with van der Waals surface area (Å²) in [6.45, 7) is 4.99. The van der Waals surface area contributed by atoms with Crippen molar-refractivity contribution < 1.29 is 0 Å². The first-order valence-electron chi connectivity index (χ1n) is 3.82. The zero-order chi connectivity index (χ0) is 8.32. The summed E-state index contributed by atoms with van der Waals surface area (Å²) in [5.74, 6) is 0. The van der Waals surface area contributed by atoms with Crippen LogP contribution in [0.15, 0.2) is 12.3 Å². The first kappa shape index (κ1) is 8.27. The van der Waals surface area contributed by atoms with E-state index in [2.05, 4.69) is 24.0 Å². The van der Waals surface area contributed by atoms with Gasteiger partial charge in [0, 0.05) is 11.9 Å². The minimum absolute atomic E-state index is 0.173. The van der Waals surface area contributed by atoms with Crippen molar-refractivity contribution in [1.29, 1.82) is 0 Å². The number of hydrogen-bond donors (Lipinski definition) is 2. The highest BCUT2D eigenvalue weighted by Crippen LogP contribution is 2.17. The molecule has 1 heterocycles. The molecule has 1 rings (SSSR count). The second-order valence-corrected chi connectivity index (χ2v) is 3.63. The molecule has 3 N–H and O–H groups in total. The van der Waals surface area contributed by atoms with Crippen molar-refractivity contribution in [1.82, 2.24) is 10.2 Å². The van der Waals surface area contributed by atoms with Crippen LogP contribution in [0.4, 0.5) is 0 Å². The molecule has 0 aliphatic carbocycles. The molecular weight excluding hydrogens is 138 g/mol. The minimum Gasteiger partial charge on any atom is -0.330 e. The largest absolute Gasteiger partial charge is 0.330 e. The van der Waals surface area contributed by atoms with E-state index >= 15 is 0 Å². The van der Waals surface area contributed by atoms with Crippen LogP contribution in [0.1, 0.15) is 19.5 Å². The van der Waals surface area contributed by atoms with E-state index in [0.717, 1.165) is 12.1 Å². The van der Waals surface area contributed by atoms with E-state index in [-0.39, 0.29) is 5.41 Å². The average molecular weight is 153 g/mol. The van der Waals surface area contributed by atoms with Crippen LogP contribution in [-0.2, 0) is 6.42 Å². The maximum Gasteiger partial charge on any atom is 0.0490 e. The van der Waals surface area contributed by atoms with E-state index in [1.807, 2.05) is 6.07 Å². The van der Waals surface area contributed by atoms with E-state index in [1.54, 1.807) is 6.20 Å². The molecule has 0 atom stereocenters. The fraction of sp³-hybridized carbons (Fsp3) is 0.625. The zero-order valence-corrected chi connectivity index (χ0v) is 7.09. The molecule has 0 spiro atoms. The molecule has 1 aromatic heterocycles. The Bertz CT molecular complexity index is 201. The summed E-state index contributed by atoms with van der Waals surface area (Å²) in [6, 6.07) is 1.98. The lowest BCUT2D eigenvalue weighted by atomic mass is 9.88. The molecule has 62 valence electrons. The van der Waals surface area contributed by atoms with E-state index in [1.165, 1.54) is 0 Å². The summed E-state index contributed by atoms with van der Waals surface area (Å²) in [5.41, 5.74) is 6.91. The van der Waals surface area contributed by atoms with Crippen LogP contribution in [0.25, 0.3) is 0 Å². The molecule has 0 aliphatic heterocycles. The molecule has 1 aromatic rings. The quantitative estimate of drug-likeness (QED) is 0.679. The maximum atomic E-state index is 5.59. The monoisotopic (exact) mass is 153 g/mol. The molecule has 3 heteroatoms. The first-order chi connectivity index (χ1) is 5.14. The predicted octanol–water partition coefficient (Wildman–Crippen LogP) is 0.937. The van der Waals surface area contributed by atoms with Crippen LogP contribution >= 0.6 is 0 Å². The number of hydrogen-bond acceptors (Lipinski definition) is 2. The van der Waals surface area contributed by atoms with Gasteiger partial charge in [0.15, 0.2) is 0 Å². The summed E-state index contributed by atoms with van der Waals surface area (Å²) in [6.07, 6.45) is 2.73. The van der Waals surface area contributed by atoms with E-state index in [0.29, 0.717) is 6.54 Å². The average Bonchev–Trinajstić information content (AvgIpc) is 2.39. The summed E-state index contributed by atoms with van der Waals surface area (Å²) < 4.78 is 0. The van der Waals surface area contributed by atoms with Crippen molar-refractivity contribution in [2.75, 3.05) is 6.54 Å². The smallest absolute Gasteiger partial charge is 0.0490 e. The van der Waals surface area contributed by atoms with Gasteiger partial charge in [-0.25, -0.2) is 0 Å². The third-order valence-electron chi connectivity index (χ3n) is 1.78. The van der Waals surface area contributed by atoms with Crippen molar-refractivity contribution in [3.05, 3.63) is 18.0 Å². The van der Waals surface area contributed by atoms with Crippen molar-refractivity contribution in [2.24, 2.45) is 11.1 Å². The summed E-state index contributed by atoms with van der Waals surface area (Å²) >= 11 is 0. The number of nitrogens with one attached hydrogen (secondary N) is 1. The Hall–Kier alpha value is -0.830. The van der Waals surface area contributed by atoms with Crippen molar-refractivity contribution >= 4 is 0 Å². The van der Waals surface area contributed by atoms with Crippen molar-refractivity contribution in [3.63, 3.8) is 0 Å². The summed E-state index contributed by atoms with van der Waals surface area (Å²) in [7, 11) is 0. The Labute approximate surface area is 67.0 Å². The molecule has 3 nitrogen and oxygen atoms in total. The standard InChI is InChI=1S/C8H15N3/c1-8(2,6-9)5-7-3-4-10-11-7/h3-4H,5-6,9H2,1-2H3,(H,10,11). The van der Waals surface area contributed by atoms with Gasteiger partial charge in [0.2, 0.25) is 0 Å². The second kappa shape index (κ2) is 3.05. The molecule has 0 aliphatic rings. The molecule has 0 saturated carbocycles. The Morgan fingerprint density at radius 2 is 2.36 bits per heavy atom. The lowest BCUT2D eigenvalue weighted by Crippen LogP contribution is -2.26. The number of aromatic amines is 1. The van der Waals surface area contributed by atoms with Crippen LogP contribution < -0.4 is 5.73 Å². The molecule has 0 bridgehead atoms. The predicted molar refractivity (Wildman–Crippen MR) is 45.1 cm³/mol. The van der Waals surface area contributed by atoms with Gasteiger partial charge in [0.25, 0.3) is 0 Å². The number of nitrogens with two attached hydrogens (primary N) is 1. The number of aromatic nitrogens is 2. The highest BCUT2D eigenvalue weighted by molar-refractivity contribution is 5.00. The van der Waals surface area contributed by atoms with Crippen LogP contribution in [0.3, 0.4) is 0 Å². The third-order valence-corrected chi connectivity index (χ3v) is 1.78. The molecule has 0 amide bonds. The summed E-state index contributed by atoms with van der Waals surface area (Å²) in [5, 5.41) is 6.80. The van der Waals surface area contributed by atoms with E-state index in [9.17, 15) is 0 Å². The molecule has 0 aromatic carbocycles. The highest BCUT2D eigenvalue weighted by atomic mass is 15.1. The minimum atomic E-state index is 0.173. The van der Waals surface area contributed by atoms with Gasteiger partial charge >= 0.3 is 0 Å². The Kier molecular flexibility index (Phi) is 2.29. The first-order valence-corrected chi connectivity index (χ1v) is 3.82. The molecule has 11 heavy (non-hydrogen) atoms. The second-order valence-electron chi connectivity index (χ2n) is 3.63. The maximum absolute atomic E-state index is 5.59. The van der Waals surface area contributed by atoms with Gasteiger partial charge in [-0.2, -0.15) is 5.10 Å². The Morgan fingerprint density at radius 3 is 2.82 bits per heavy atom. The van der Waals surface area contributed by atoms with Gasteiger partial charge in [-0.1, -0.05) is 13.8 Å². The van der Waals surface area contributed by atoms with E-state index < -0.39 is 0 Å². The Balaban J connectivity index is 2.56.